The molecule has 1 aliphatic rings. The van der Waals surface area contributed by atoms with E-state index in [4.69, 9.17) is 4.74 Å². The first-order valence-corrected chi connectivity index (χ1v) is 7.18. The highest BCUT2D eigenvalue weighted by Gasteiger charge is 2.21. The van der Waals surface area contributed by atoms with Gasteiger partial charge in [-0.15, -0.1) is 0 Å². The lowest BCUT2D eigenvalue weighted by Gasteiger charge is -2.28. The van der Waals surface area contributed by atoms with E-state index in [1.54, 1.807) is 0 Å². The number of nitrogens with zero attached hydrogens (tertiary/aromatic N) is 1. The molecule has 0 radical (unpaired) electrons. The van der Waals surface area contributed by atoms with Crippen molar-refractivity contribution >= 4 is 5.91 Å². The van der Waals surface area contributed by atoms with Crippen LogP contribution in [-0.2, 0) is 4.74 Å². The first kappa shape index (κ1) is 14.9. The van der Waals surface area contributed by atoms with E-state index in [1.165, 1.54) is 31.5 Å². The Hall–Kier alpha value is -1.49. The molecule has 0 unspecified atom stereocenters. The molecule has 0 saturated heterocycles. The number of halogens is 1. The zero-order valence-electron chi connectivity index (χ0n) is 11.8. The van der Waals surface area contributed by atoms with Crippen LogP contribution in [0.5, 0.6) is 0 Å². The predicted molar refractivity (Wildman–Crippen MR) is 73.9 cm³/mol. The van der Waals surface area contributed by atoms with Crippen molar-refractivity contribution in [3.8, 4) is 0 Å². The number of aromatic nitrogens is 1. The maximum absolute atomic E-state index is 12.9. The Labute approximate surface area is 118 Å². The summed E-state index contributed by atoms with van der Waals surface area (Å²) in [5, 5.41) is 2.72. The van der Waals surface area contributed by atoms with Crippen molar-refractivity contribution in [1.82, 2.24) is 10.3 Å². The third kappa shape index (κ3) is 4.27. The van der Waals surface area contributed by atoms with Crippen LogP contribution in [0.15, 0.2) is 18.3 Å². The highest BCUT2D eigenvalue weighted by Crippen LogP contribution is 2.25. The smallest absolute Gasteiger partial charge is 0.251 e. The fourth-order valence-electron chi connectivity index (χ4n) is 2.55. The Morgan fingerprint density at radius 1 is 1.50 bits per heavy atom. The number of carbonyl (C=O) groups is 1. The first-order chi connectivity index (χ1) is 9.66. The minimum Gasteiger partial charge on any atom is -0.376 e. The van der Waals surface area contributed by atoms with Crippen molar-refractivity contribution in [3.63, 3.8) is 0 Å². The molecule has 1 saturated carbocycles. The van der Waals surface area contributed by atoms with E-state index in [0.29, 0.717) is 25.2 Å². The highest BCUT2D eigenvalue weighted by molar-refractivity contribution is 5.93. The van der Waals surface area contributed by atoms with Gasteiger partial charge in [-0.2, -0.15) is 4.39 Å². The fraction of sp³-hybridized carbons (Fsp3) is 0.600. The summed E-state index contributed by atoms with van der Waals surface area (Å²) in [5.74, 6) is -0.356. The number of hydrogen-bond donors (Lipinski definition) is 1. The van der Waals surface area contributed by atoms with E-state index in [9.17, 15) is 9.18 Å². The molecule has 2 rings (SSSR count). The molecular formula is C15H21FN2O2. The molecule has 1 heterocycles. The van der Waals surface area contributed by atoms with Gasteiger partial charge in [-0.3, -0.25) is 4.79 Å². The maximum Gasteiger partial charge on any atom is 0.251 e. The van der Waals surface area contributed by atoms with Crippen molar-refractivity contribution in [1.29, 1.82) is 0 Å². The molecule has 0 aliphatic heterocycles. The van der Waals surface area contributed by atoms with Crippen molar-refractivity contribution < 1.29 is 13.9 Å². The van der Waals surface area contributed by atoms with E-state index >= 15 is 0 Å². The number of pyridine rings is 1. The second-order valence-electron chi connectivity index (χ2n) is 5.29. The third-order valence-corrected chi connectivity index (χ3v) is 3.74. The second kappa shape index (κ2) is 7.33. The minimum atomic E-state index is -0.648. The molecular weight excluding hydrogens is 259 g/mol. The lowest BCUT2D eigenvalue weighted by atomic mass is 9.88. The molecule has 1 aliphatic carbocycles. The van der Waals surface area contributed by atoms with Crippen LogP contribution in [0.2, 0.25) is 0 Å². The molecule has 110 valence electrons. The summed E-state index contributed by atoms with van der Waals surface area (Å²) in [7, 11) is 0. The van der Waals surface area contributed by atoms with E-state index in [0.717, 1.165) is 12.5 Å². The molecule has 1 aromatic rings. The Kier molecular flexibility index (Phi) is 5.47. The van der Waals surface area contributed by atoms with Crippen LogP contribution >= 0.6 is 0 Å². The monoisotopic (exact) mass is 280 g/mol. The molecule has 1 aromatic heterocycles. The van der Waals surface area contributed by atoms with E-state index in [-0.39, 0.29) is 11.5 Å². The first-order valence-electron chi connectivity index (χ1n) is 7.18. The summed E-state index contributed by atoms with van der Waals surface area (Å²) in [6, 6.07) is 2.61. The Morgan fingerprint density at radius 3 is 3.05 bits per heavy atom. The quantitative estimate of drug-likeness (QED) is 0.666. The van der Waals surface area contributed by atoms with Gasteiger partial charge in [-0.05, 0) is 24.8 Å². The number of nitrogens with one attached hydrogen (secondary N) is 1. The molecule has 0 spiro atoms. The Balaban J connectivity index is 1.69. The molecule has 4 nitrogen and oxygen atoms in total. The summed E-state index contributed by atoms with van der Waals surface area (Å²) < 4.78 is 18.7. The zero-order chi connectivity index (χ0) is 14.4. The van der Waals surface area contributed by atoms with Gasteiger partial charge >= 0.3 is 0 Å². The van der Waals surface area contributed by atoms with Gasteiger partial charge in [-0.25, -0.2) is 4.98 Å². The van der Waals surface area contributed by atoms with Crippen LogP contribution in [0.25, 0.3) is 0 Å². The SMILES string of the molecule is C[C@H]1CCCC[C@@H]1OCCNC(=O)c1ccnc(F)c1. The number of hydrogen-bond acceptors (Lipinski definition) is 3. The average Bonchev–Trinajstić information content (AvgIpc) is 2.45. The lowest BCUT2D eigenvalue weighted by molar-refractivity contribution is -0.00293. The van der Waals surface area contributed by atoms with Crippen LogP contribution in [0.3, 0.4) is 0 Å². The standard InChI is InChI=1S/C15H21FN2O2/c1-11-4-2-3-5-13(11)20-9-8-18-15(19)12-6-7-17-14(16)10-12/h6-7,10-11,13H,2-5,8-9H2,1H3,(H,18,19)/t11-,13-/m0/s1. The summed E-state index contributed by atoms with van der Waals surface area (Å²) in [6.45, 7) is 3.14. The Morgan fingerprint density at radius 2 is 2.30 bits per heavy atom. The maximum atomic E-state index is 12.9. The lowest BCUT2D eigenvalue weighted by Crippen LogP contribution is -2.31. The average molecular weight is 280 g/mol. The molecule has 1 amide bonds. The van der Waals surface area contributed by atoms with Gasteiger partial charge in [0.05, 0.1) is 12.7 Å². The predicted octanol–water partition coefficient (Wildman–Crippen LogP) is 2.55. The summed E-state index contributed by atoms with van der Waals surface area (Å²) in [5.41, 5.74) is 0.281. The summed E-state index contributed by atoms with van der Waals surface area (Å²) in [6.07, 6.45) is 6.41. The van der Waals surface area contributed by atoms with Crippen LogP contribution in [0.1, 0.15) is 43.0 Å². The van der Waals surface area contributed by atoms with E-state index in [2.05, 4.69) is 17.2 Å². The van der Waals surface area contributed by atoms with Gasteiger partial charge in [0.15, 0.2) is 0 Å². The highest BCUT2D eigenvalue weighted by atomic mass is 19.1. The Bertz CT molecular complexity index is 453. The van der Waals surface area contributed by atoms with Gasteiger partial charge in [0, 0.05) is 24.4 Å². The van der Waals surface area contributed by atoms with Gasteiger partial charge in [0.2, 0.25) is 5.95 Å². The van der Waals surface area contributed by atoms with E-state index in [1.807, 2.05) is 0 Å². The topological polar surface area (TPSA) is 51.2 Å². The fourth-order valence-corrected chi connectivity index (χ4v) is 2.55. The molecule has 0 bridgehead atoms. The molecule has 2 atom stereocenters. The zero-order valence-corrected chi connectivity index (χ0v) is 11.8. The van der Waals surface area contributed by atoms with Crippen LogP contribution in [0, 0.1) is 11.9 Å². The molecule has 0 aromatic carbocycles. The van der Waals surface area contributed by atoms with Gasteiger partial charge in [0.25, 0.3) is 5.91 Å². The van der Waals surface area contributed by atoms with Crippen LogP contribution in [-0.4, -0.2) is 30.1 Å². The minimum absolute atomic E-state index is 0.281. The summed E-state index contributed by atoms with van der Waals surface area (Å²) in [4.78, 5) is 15.2. The molecule has 20 heavy (non-hydrogen) atoms. The van der Waals surface area contributed by atoms with Crippen molar-refractivity contribution in [3.05, 3.63) is 29.8 Å². The molecule has 1 N–H and O–H groups in total. The molecule has 1 fully saturated rings. The van der Waals surface area contributed by atoms with Crippen molar-refractivity contribution in [2.24, 2.45) is 5.92 Å². The molecule has 5 heteroatoms. The van der Waals surface area contributed by atoms with Crippen LogP contribution < -0.4 is 5.32 Å². The van der Waals surface area contributed by atoms with Crippen LogP contribution in [0.4, 0.5) is 4.39 Å². The second-order valence-corrected chi connectivity index (χ2v) is 5.29. The van der Waals surface area contributed by atoms with Gasteiger partial charge in [-0.1, -0.05) is 19.8 Å². The normalized spacial score (nSPS) is 22.5. The van der Waals surface area contributed by atoms with Crippen molar-refractivity contribution in [2.75, 3.05) is 13.2 Å². The third-order valence-electron chi connectivity index (χ3n) is 3.74. The largest absolute Gasteiger partial charge is 0.376 e. The van der Waals surface area contributed by atoms with Gasteiger partial charge in [0.1, 0.15) is 0 Å². The number of ether oxygens (including phenoxy) is 1. The number of carbonyl (C=O) groups excluding carboxylic acids is 1. The van der Waals surface area contributed by atoms with E-state index < -0.39 is 5.95 Å². The summed E-state index contributed by atoms with van der Waals surface area (Å²) >= 11 is 0. The number of rotatable bonds is 5. The number of amides is 1. The van der Waals surface area contributed by atoms with Gasteiger partial charge < -0.3 is 10.1 Å². The van der Waals surface area contributed by atoms with Crippen molar-refractivity contribution in [2.45, 2.75) is 38.7 Å².